The van der Waals surface area contributed by atoms with Crippen molar-refractivity contribution in [1.29, 1.82) is 0 Å². The van der Waals surface area contributed by atoms with Crippen LogP contribution in [0.15, 0.2) is 60.7 Å². The highest BCUT2D eigenvalue weighted by Crippen LogP contribution is 2.47. The topological polar surface area (TPSA) is 71.1 Å². The molecule has 0 radical (unpaired) electrons. The third kappa shape index (κ3) is 5.57. The van der Waals surface area contributed by atoms with Gasteiger partial charge in [0.1, 0.15) is 11.7 Å². The van der Waals surface area contributed by atoms with Crippen LogP contribution in [0.4, 0.5) is 4.79 Å². The van der Waals surface area contributed by atoms with Crippen LogP contribution in [0.3, 0.4) is 0 Å². The van der Waals surface area contributed by atoms with Crippen molar-refractivity contribution in [2.24, 2.45) is 0 Å². The monoisotopic (exact) mass is 536 g/mol. The summed E-state index contributed by atoms with van der Waals surface area (Å²) in [6.07, 6.45) is 4.65. The molecule has 0 amide bonds. The Morgan fingerprint density at radius 1 is 0.846 bits per heavy atom. The second kappa shape index (κ2) is 10.9. The number of quaternary nitrogens is 1. The average molecular weight is 537 g/mol. The molecule has 0 saturated carbocycles. The van der Waals surface area contributed by atoms with E-state index in [4.69, 9.17) is 18.9 Å². The smallest absolute Gasteiger partial charge is 0.459 e. The summed E-state index contributed by atoms with van der Waals surface area (Å²) in [4.78, 5) is 26.9. The summed E-state index contributed by atoms with van der Waals surface area (Å²) < 4.78 is 24.9. The molecular weight excluding hydrogens is 494 g/mol. The first-order chi connectivity index (χ1) is 18.6. The van der Waals surface area contributed by atoms with E-state index in [1.54, 1.807) is 27.7 Å². The van der Waals surface area contributed by atoms with Crippen molar-refractivity contribution < 1.29 is 33.0 Å². The van der Waals surface area contributed by atoms with E-state index >= 15 is 0 Å². The standard InChI is InChI=1S/C32H42NO6/c1-23(36-30(35)39-31(2,3)4)38-32(24-13-7-5-8-14-24,25-15-9-6-10-16-25)29(34)37-28-21-26-17-18-27(22-28)33(26)19-11-12-20-33/h5-10,13-16,23,26-28H,11-12,17-22H2,1-4H3/q+1. The van der Waals surface area contributed by atoms with E-state index < -0.39 is 29.6 Å². The Hall–Kier alpha value is -2.90. The molecule has 2 aromatic rings. The zero-order chi connectivity index (χ0) is 27.7. The second-order valence-corrected chi connectivity index (χ2v) is 12.3. The average Bonchev–Trinajstić information content (AvgIpc) is 3.43. The molecule has 2 aromatic carbocycles. The van der Waals surface area contributed by atoms with Gasteiger partial charge in [0.05, 0.1) is 25.2 Å². The van der Waals surface area contributed by atoms with E-state index in [9.17, 15) is 9.59 Å². The van der Waals surface area contributed by atoms with E-state index in [2.05, 4.69) is 0 Å². The van der Waals surface area contributed by atoms with Crippen LogP contribution in [0.1, 0.15) is 77.3 Å². The second-order valence-electron chi connectivity index (χ2n) is 12.3. The van der Waals surface area contributed by atoms with Gasteiger partial charge >= 0.3 is 12.1 Å². The largest absolute Gasteiger partial charge is 0.511 e. The summed E-state index contributed by atoms with van der Waals surface area (Å²) in [7, 11) is 0. The fourth-order valence-electron chi connectivity index (χ4n) is 7.16. The molecule has 3 fully saturated rings. The molecule has 0 aliphatic carbocycles. The first kappa shape index (κ1) is 27.7. The number of carbonyl (C=O) groups excluding carboxylic acids is 2. The third-order valence-corrected chi connectivity index (χ3v) is 8.67. The molecular formula is C32H42NO6+. The number of hydrogen-bond acceptors (Lipinski definition) is 6. The van der Waals surface area contributed by atoms with Gasteiger partial charge in [-0.15, -0.1) is 0 Å². The molecule has 1 spiro atoms. The van der Waals surface area contributed by atoms with Gasteiger partial charge in [-0.2, -0.15) is 0 Å². The van der Waals surface area contributed by atoms with Crippen LogP contribution in [0.5, 0.6) is 0 Å². The third-order valence-electron chi connectivity index (χ3n) is 8.67. The van der Waals surface area contributed by atoms with Gasteiger partial charge in [-0.3, -0.25) is 0 Å². The van der Waals surface area contributed by atoms with Crippen LogP contribution in [-0.2, 0) is 29.3 Å². The Labute approximate surface area is 232 Å². The van der Waals surface area contributed by atoms with Crippen molar-refractivity contribution in [2.45, 2.75) is 102 Å². The van der Waals surface area contributed by atoms with E-state index in [1.165, 1.54) is 43.3 Å². The number of ether oxygens (including phenoxy) is 4. The number of benzene rings is 2. The zero-order valence-corrected chi connectivity index (χ0v) is 23.6. The van der Waals surface area contributed by atoms with Crippen LogP contribution < -0.4 is 0 Å². The van der Waals surface area contributed by atoms with Crippen molar-refractivity contribution in [3.8, 4) is 0 Å². The van der Waals surface area contributed by atoms with Crippen molar-refractivity contribution >= 4 is 12.1 Å². The summed E-state index contributed by atoms with van der Waals surface area (Å²) in [6.45, 7) is 9.41. The zero-order valence-electron chi connectivity index (χ0n) is 23.6. The molecule has 2 bridgehead atoms. The van der Waals surface area contributed by atoms with Crippen LogP contribution in [0.2, 0.25) is 0 Å². The molecule has 0 aromatic heterocycles. The number of esters is 1. The maximum Gasteiger partial charge on any atom is 0.511 e. The fraction of sp³-hybridized carbons (Fsp3) is 0.562. The predicted octanol–water partition coefficient (Wildman–Crippen LogP) is 6.09. The summed E-state index contributed by atoms with van der Waals surface area (Å²) in [5.74, 6) is -0.487. The van der Waals surface area contributed by atoms with Crippen molar-refractivity contribution in [3.63, 3.8) is 0 Å². The Kier molecular flexibility index (Phi) is 7.75. The molecule has 7 heteroatoms. The number of nitrogens with zero attached hydrogens (tertiary/aromatic N) is 1. The van der Waals surface area contributed by atoms with Gasteiger partial charge in [0.25, 0.3) is 0 Å². The molecule has 3 heterocycles. The van der Waals surface area contributed by atoms with Gasteiger partial charge in [0.15, 0.2) is 0 Å². The molecule has 3 aliphatic heterocycles. The van der Waals surface area contributed by atoms with E-state index in [0.29, 0.717) is 23.2 Å². The van der Waals surface area contributed by atoms with E-state index in [1.807, 2.05) is 60.7 Å². The molecule has 39 heavy (non-hydrogen) atoms. The Morgan fingerprint density at radius 2 is 1.36 bits per heavy atom. The first-order valence-corrected chi connectivity index (χ1v) is 14.4. The minimum atomic E-state index is -1.62. The maximum absolute atomic E-state index is 14.4. The fourth-order valence-corrected chi connectivity index (χ4v) is 7.16. The molecule has 5 rings (SSSR count). The van der Waals surface area contributed by atoms with E-state index in [0.717, 1.165) is 12.8 Å². The van der Waals surface area contributed by atoms with Crippen LogP contribution >= 0.6 is 0 Å². The normalized spacial score (nSPS) is 24.8. The number of hydrogen-bond donors (Lipinski definition) is 0. The lowest BCUT2D eigenvalue weighted by Crippen LogP contribution is -2.60. The van der Waals surface area contributed by atoms with Gasteiger partial charge in [-0.05, 0) is 38.8 Å². The van der Waals surface area contributed by atoms with Crippen LogP contribution in [-0.4, -0.2) is 59.8 Å². The molecule has 0 N–H and O–H groups in total. The van der Waals surface area contributed by atoms with Gasteiger partial charge in [0, 0.05) is 38.5 Å². The number of rotatable bonds is 7. The summed E-state index contributed by atoms with van der Waals surface area (Å²) in [5, 5.41) is 0. The molecule has 3 unspecified atom stereocenters. The summed E-state index contributed by atoms with van der Waals surface area (Å²) >= 11 is 0. The number of carbonyl (C=O) groups is 2. The molecule has 3 atom stereocenters. The minimum Gasteiger partial charge on any atom is -0.459 e. The highest BCUT2D eigenvalue weighted by molar-refractivity contribution is 5.86. The lowest BCUT2D eigenvalue weighted by atomic mass is 9.85. The van der Waals surface area contributed by atoms with Gasteiger partial charge in [0.2, 0.25) is 11.9 Å². The highest BCUT2D eigenvalue weighted by atomic mass is 16.8. The SMILES string of the molecule is CC(OC(=O)OC(C)(C)C)OC(C(=O)OC1CC2CCC(C1)[N+]21CCCC1)(c1ccccc1)c1ccccc1. The molecule has 3 saturated heterocycles. The lowest BCUT2D eigenvalue weighted by Gasteiger charge is -2.47. The van der Waals surface area contributed by atoms with Gasteiger partial charge in [-0.25, -0.2) is 9.59 Å². The highest BCUT2D eigenvalue weighted by Gasteiger charge is 2.57. The quantitative estimate of drug-likeness (QED) is 0.242. The lowest BCUT2D eigenvalue weighted by molar-refractivity contribution is -0.956. The van der Waals surface area contributed by atoms with E-state index in [-0.39, 0.29) is 6.10 Å². The van der Waals surface area contributed by atoms with Gasteiger partial charge < -0.3 is 23.4 Å². The van der Waals surface area contributed by atoms with Crippen molar-refractivity contribution in [3.05, 3.63) is 71.8 Å². The minimum absolute atomic E-state index is 0.170. The molecule has 7 nitrogen and oxygen atoms in total. The predicted molar refractivity (Wildman–Crippen MR) is 147 cm³/mol. The maximum atomic E-state index is 14.4. The van der Waals surface area contributed by atoms with Crippen LogP contribution in [0.25, 0.3) is 0 Å². The Balaban J connectivity index is 1.44. The number of piperidine rings is 1. The summed E-state index contributed by atoms with van der Waals surface area (Å²) in [6, 6.07) is 19.8. The van der Waals surface area contributed by atoms with Crippen LogP contribution in [0, 0.1) is 0 Å². The first-order valence-electron chi connectivity index (χ1n) is 14.4. The van der Waals surface area contributed by atoms with Crippen molar-refractivity contribution in [1.82, 2.24) is 0 Å². The molecule has 210 valence electrons. The molecule has 3 aliphatic rings. The van der Waals surface area contributed by atoms with Crippen molar-refractivity contribution in [2.75, 3.05) is 13.1 Å². The Bertz CT molecular complexity index is 1080. The Morgan fingerprint density at radius 3 is 1.85 bits per heavy atom. The summed E-state index contributed by atoms with van der Waals surface area (Å²) in [5.41, 5.74) is -1.12. The van der Waals surface area contributed by atoms with Gasteiger partial charge in [-0.1, -0.05) is 60.7 Å².